The van der Waals surface area contributed by atoms with Crippen LogP contribution in [-0.2, 0) is 4.74 Å². The zero-order valence-electron chi connectivity index (χ0n) is 12.3. The van der Waals surface area contributed by atoms with Gasteiger partial charge < -0.3 is 10.1 Å². The molecule has 0 aliphatic rings. The highest BCUT2D eigenvalue weighted by molar-refractivity contribution is 5.26. The molecule has 0 radical (unpaired) electrons. The number of aryl methyl sites for hydroxylation is 1. The number of halogens is 4. The molecule has 1 unspecified atom stereocenters. The van der Waals surface area contributed by atoms with Crippen molar-refractivity contribution >= 4 is 0 Å². The second kappa shape index (κ2) is 8.34. The van der Waals surface area contributed by atoms with E-state index in [0.29, 0.717) is 12.1 Å². The second-order valence-corrected chi connectivity index (χ2v) is 4.99. The molecule has 0 bridgehead atoms. The standard InChI is InChI=1S/C15H21F4NO/c1-3-7-20-14(6-8-21-10-15(17,18)19)12-9-11(2)4-5-13(12)16/h4-5,9,14,20H,3,6-8,10H2,1-2H3. The predicted molar refractivity (Wildman–Crippen MR) is 73.7 cm³/mol. The molecule has 0 aliphatic heterocycles. The van der Waals surface area contributed by atoms with Gasteiger partial charge in [0.2, 0.25) is 0 Å². The summed E-state index contributed by atoms with van der Waals surface area (Å²) in [6.07, 6.45) is -3.19. The van der Waals surface area contributed by atoms with Gasteiger partial charge in [0.05, 0.1) is 0 Å². The van der Waals surface area contributed by atoms with E-state index in [4.69, 9.17) is 0 Å². The van der Waals surface area contributed by atoms with Crippen LogP contribution in [0, 0.1) is 12.7 Å². The van der Waals surface area contributed by atoms with Gasteiger partial charge in [-0.25, -0.2) is 4.39 Å². The van der Waals surface area contributed by atoms with Crippen molar-refractivity contribution in [3.63, 3.8) is 0 Å². The van der Waals surface area contributed by atoms with E-state index in [-0.39, 0.29) is 24.9 Å². The largest absolute Gasteiger partial charge is 0.411 e. The molecule has 0 fully saturated rings. The number of hydrogen-bond acceptors (Lipinski definition) is 2. The Kier molecular flexibility index (Phi) is 7.11. The smallest absolute Gasteiger partial charge is 0.372 e. The first-order valence-electron chi connectivity index (χ1n) is 6.97. The lowest BCUT2D eigenvalue weighted by atomic mass is 10.0. The van der Waals surface area contributed by atoms with Crippen molar-refractivity contribution in [1.29, 1.82) is 0 Å². The molecule has 2 nitrogen and oxygen atoms in total. The highest BCUT2D eigenvalue weighted by Gasteiger charge is 2.27. The van der Waals surface area contributed by atoms with Crippen LogP contribution in [0.25, 0.3) is 0 Å². The van der Waals surface area contributed by atoms with E-state index in [9.17, 15) is 17.6 Å². The third kappa shape index (κ3) is 6.91. The molecule has 0 aliphatic carbocycles. The molecule has 120 valence electrons. The average Bonchev–Trinajstić information content (AvgIpc) is 2.40. The van der Waals surface area contributed by atoms with Crippen LogP contribution in [0.2, 0.25) is 0 Å². The second-order valence-electron chi connectivity index (χ2n) is 4.99. The molecular weight excluding hydrogens is 286 g/mol. The van der Waals surface area contributed by atoms with Crippen LogP contribution in [0.4, 0.5) is 17.6 Å². The van der Waals surface area contributed by atoms with Gasteiger partial charge in [-0.1, -0.05) is 24.6 Å². The van der Waals surface area contributed by atoms with Crippen molar-refractivity contribution in [2.75, 3.05) is 19.8 Å². The van der Waals surface area contributed by atoms with Crippen LogP contribution in [-0.4, -0.2) is 25.9 Å². The van der Waals surface area contributed by atoms with E-state index in [1.165, 1.54) is 6.07 Å². The Morgan fingerprint density at radius 2 is 2.00 bits per heavy atom. The van der Waals surface area contributed by atoms with Crippen LogP contribution >= 0.6 is 0 Å². The lowest BCUT2D eigenvalue weighted by Crippen LogP contribution is -2.25. The lowest BCUT2D eigenvalue weighted by molar-refractivity contribution is -0.174. The van der Waals surface area contributed by atoms with Crippen LogP contribution in [0.1, 0.15) is 36.9 Å². The molecule has 1 N–H and O–H groups in total. The Balaban J connectivity index is 2.65. The van der Waals surface area contributed by atoms with Crippen LogP contribution in [0.3, 0.4) is 0 Å². The molecule has 0 heterocycles. The molecule has 1 aromatic carbocycles. The molecule has 1 aromatic rings. The molecule has 1 rings (SSSR count). The van der Waals surface area contributed by atoms with Crippen LogP contribution in [0.15, 0.2) is 18.2 Å². The maximum Gasteiger partial charge on any atom is 0.411 e. The first-order valence-corrected chi connectivity index (χ1v) is 6.97. The minimum absolute atomic E-state index is 0.0751. The summed E-state index contributed by atoms with van der Waals surface area (Å²) in [5, 5.41) is 3.15. The minimum Gasteiger partial charge on any atom is -0.372 e. The Morgan fingerprint density at radius 3 is 2.62 bits per heavy atom. The van der Waals surface area contributed by atoms with Gasteiger partial charge in [-0.2, -0.15) is 13.2 Å². The normalized spacial score (nSPS) is 13.4. The summed E-state index contributed by atoms with van der Waals surface area (Å²) < 4.78 is 54.6. The number of rotatable bonds is 8. The van der Waals surface area contributed by atoms with E-state index in [1.54, 1.807) is 12.1 Å². The Bertz CT molecular complexity index is 434. The summed E-state index contributed by atoms with van der Waals surface area (Å²) in [4.78, 5) is 0. The first kappa shape index (κ1) is 17.9. The average molecular weight is 307 g/mol. The summed E-state index contributed by atoms with van der Waals surface area (Å²) in [7, 11) is 0. The van der Waals surface area contributed by atoms with Crippen molar-refractivity contribution in [2.45, 2.75) is 38.9 Å². The van der Waals surface area contributed by atoms with Crippen molar-refractivity contribution in [2.24, 2.45) is 0 Å². The Labute approximate surface area is 122 Å². The Hall–Kier alpha value is -1.14. The lowest BCUT2D eigenvalue weighted by Gasteiger charge is -2.20. The van der Waals surface area contributed by atoms with Gasteiger partial charge in [0.15, 0.2) is 0 Å². The molecule has 6 heteroatoms. The van der Waals surface area contributed by atoms with E-state index in [1.807, 2.05) is 13.8 Å². The van der Waals surface area contributed by atoms with Crippen molar-refractivity contribution < 1.29 is 22.3 Å². The number of benzene rings is 1. The number of hydrogen-bond donors (Lipinski definition) is 1. The van der Waals surface area contributed by atoms with Gasteiger partial charge >= 0.3 is 6.18 Å². The van der Waals surface area contributed by atoms with Crippen LogP contribution < -0.4 is 5.32 Å². The molecule has 0 saturated heterocycles. The topological polar surface area (TPSA) is 21.3 Å². The maximum absolute atomic E-state index is 13.9. The summed E-state index contributed by atoms with van der Waals surface area (Å²) in [5.41, 5.74) is 1.38. The maximum atomic E-state index is 13.9. The fraction of sp³-hybridized carbons (Fsp3) is 0.600. The van der Waals surface area contributed by atoms with Gasteiger partial charge in [0.1, 0.15) is 12.4 Å². The summed E-state index contributed by atoms with van der Waals surface area (Å²) in [6.45, 7) is 3.13. The molecule has 0 spiro atoms. The molecule has 0 amide bonds. The molecule has 21 heavy (non-hydrogen) atoms. The van der Waals surface area contributed by atoms with E-state index >= 15 is 0 Å². The quantitative estimate of drug-likeness (QED) is 0.575. The third-order valence-electron chi connectivity index (χ3n) is 2.98. The van der Waals surface area contributed by atoms with Gasteiger partial charge in [-0.15, -0.1) is 0 Å². The summed E-state index contributed by atoms with van der Waals surface area (Å²) in [5.74, 6) is -0.356. The zero-order chi connectivity index (χ0) is 15.9. The summed E-state index contributed by atoms with van der Waals surface area (Å²) in [6, 6.07) is 4.41. The van der Waals surface area contributed by atoms with Gasteiger partial charge in [0, 0.05) is 18.2 Å². The molecule has 1 atom stereocenters. The number of nitrogens with one attached hydrogen (secondary N) is 1. The summed E-state index contributed by atoms with van der Waals surface area (Å²) >= 11 is 0. The van der Waals surface area contributed by atoms with E-state index < -0.39 is 12.8 Å². The van der Waals surface area contributed by atoms with Gasteiger partial charge in [-0.3, -0.25) is 0 Å². The predicted octanol–water partition coefficient (Wildman–Crippen LogP) is 4.14. The Morgan fingerprint density at radius 1 is 1.29 bits per heavy atom. The van der Waals surface area contributed by atoms with Crippen molar-refractivity contribution in [3.05, 3.63) is 35.1 Å². The fourth-order valence-electron chi connectivity index (χ4n) is 2.01. The first-order chi connectivity index (χ1) is 9.83. The SMILES string of the molecule is CCCNC(CCOCC(F)(F)F)c1cc(C)ccc1F. The third-order valence-corrected chi connectivity index (χ3v) is 2.98. The molecule has 0 aromatic heterocycles. The molecular formula is C15H21F4NO. The monoisotopic (exact) mass is 307 g/mol. The van der Waals surface area contributed by atoms with Gasteiger partial charge in [0.25, 0.3) is 0 Å². The fourth-order valence-corrected chi connectivity index (χ4v) is 2.01. The highest BCUT2D eigenvalue weighted by Crippen LogP contribution is 2.22. The van der Waals surface area contributed by atoms with Gasteiger partial charge in [-0.05, 0) is 32.4 Å². The van der Waals surface area contributed by atoms with Crippen LogP contribution in [0.5, 0.6) is 0 Å². The number of alkyl halides is 3. The van der Waals surface area contributed by atoms with Crippen molar-refractivity contribution in [3.8, 4) is 0 Å². The van der Waals surface area contributed by atoms with Crippen molar-refractivity contribution in [1.82, 2.24) is 5.32 Å². The minimum atomic E-state index is -4.33. The molecule has 0 saturated carbocycles. The zero-order valence-corrected chi connectivity index (χ0v) is 12.3. The highest BCUT2D eigenvalue weighted by atomic mass is 19.4. The van der Waals surface area contributed by atoms with E-state index in [0.717, 1.165) is 12.0 Å². The number of ether oxygens (including phenoxy) is 1. The van der Waals surface area contributed by atoms with E-state index in [2.05, 4.69) is 10.1 Å².